The number of hydrogen-bond acceptors (Lipinski definition) is 2. The molecule has 20 heavy (non-hydrogen) atoms. The highest BCUT2D eigenvalue weighted by atomic mass is 15.2. The molecule has 0 bridgehead atoms. The molecular formula is C18H28N2. The third-order valence-corrected chi connectivity index (χ3v) is 5.20. The molecule has 110 valence electrons. The van der Waals surface area contributed by atoms with Crippen molar-refractivity contribution in [1.29, 1.82) is 0 Å². The number of aryl methyl sites for hydroxylation is 2. The Morgan fingerprint density at radius 2 is 2.00 bits per heavy atom. The van der Waals surface area contributed by atoms with Gasteiger partial charge >= 0.3 is 0 Å². The highest BCUT2D eigenvalue weighted by molar-refractivity contribution is 5.35. The fourth-order valence-electron chi connectivity index (χ4n) is 3.69. The van der Waals surface area contributed by atoms with Crippen molar-refractivity contribution in [3.63, 3.8) is 0 Å². The average Bonchev–Trinajstić information content (AvgIpc) is 2.89. The monoisotopic (exact) mass is 272 g/mol. The molecule has 0 saturated carbocycles. The second-order valence-electron chi connectivity index (χ2n) is 6.64. The van der Waals surface area contributed by atoms with Crippen LogP contribution < -0.4 is 5.32 Å². The number of nitrogens with one attached hydrogen (secondary N) is 1. The maximum atomic E-state index is 3.74. The lowest BCUT2D eigenvalue weighted by Gasteiger charge is -2.24. The van der Waals surface area contributed by atoms with Crippen LogP contribution in [0, 0.1) is 0 Å². The molecule has 0 amide bonds. The smallest absolute Gasteiger partial charge is 0.0292 e. The van der Waals surface area contributed by atoms with Gasteiger partial charge in [-0.25, -0.2) is 0 Å². The van der Waals surface area contributed by atoms with Gasteiger partial charge in [-0.05, 0) is 75.7 Å². The van der Waals surface area contributed by atoms with E-state index in [9.17, 15) is 0 Å². The van der Waals surface area contributed by atoms with Crippen LogP contribution in [0.4, 0.5) is 0 Å². The first-order chi connectivity index (χ1) is 9.74. The Bertz CT molecular complexity index is 455. The van der Waals surface area contributed by atoms with E-state index in [2.05, 4.69) is 42.4 Å². The molecule has 2 nitrogen and oxygen atoms in total. The van der Waals surface area contributed by atoms with Crippen LogP contribution in [0.2, 0.25) is 0 Å². The number of likely N-dealkylation sites (N-methyl/N-ethyl adjacent to an activating group) is 1. The Hall–Kier alpha value is -0.860. The van der Waals surface area contributed by atoms with E-state index >= 15 is 0 Å². The van der Waals surface area contributed by atoms with Gasteiger partial charge in [0.25, 0.3) is 0 Å². The van der Waals surface area contributed by atoms with Gasteiger partial charge in [0.2, 0.25) is 0 Å². The Morgan fingerprint density at radius 1 is 1.20 bits per heavy atom. The van der Waals surface area contributed by atoms with E-state index in [1.165, 1.54) is 50.6 Å². The van der Waals surface area contributed by atoms with E-state index in [0.29, 0.717) is 6.04 Å². The zero-order valence-electron chi connectivity index (χ0n) is 13.0. The van der Waals surface area contributed by atoms with E-state index in [-0.39, 0.29) is 0 Å². The highest BCUT2D eigenvalue weighted by Crippen LogP contribution is 2.25. The van der Waals surface area contributed by atoms with Crippen LogP contribution in [0.3, 0.4) is 0 Å². The van der Waals surface area contributed by atoms with Gasteiger partial charge in [0.1, 0.15) is 0 Å². The molecule has 2 atom stereocenters. The zero-order chi connectivity index (χ0) is 13.9. The minimum atomic E-state index is 0.469. The normalized spacial score (nSPS) is 24.6. The average molecular weight is 272 g/mol. The molecule has 1 N–H and O–H groups in total. The maximum absolute atomic E-state index is 3.74. The number of likely N-dealkylation sites (tertiary alicyclic amines) is 1. The summed E-state index contributed by atoms with van der Waals surface area (Å²) >= 11 is 0. The van der Waals surface area contributed by atoms with Crippen molar-refractivity contribution in [2.24, 2.45) is 0 Å². The summed E-state index contributed by atoms with van der Waals surface area (Å²) in [5, 5.41) is 3.74. The van der Waals surface area contributed by atoms with Gasteiger partial charge in [0, 0.05) is 18.6 Å². The molecule has 0 spiro atoms. The van der Waals surface area contributed by atoms with Crippen LogP contribution in [0.15, 0.2) is 18.2 Å². The molecule has 1 fully saturated rings. The summed E-state index contributed by atoms with van der Waals surface area (Å²) in [6, 6.07) is 8.35. The van der Waals surface area contributed by atoms with Gasteiger partial charge in [-0.15, -0.1) is 0 Å². The van der Waals surface area contributed by atoms with E-state index in [4.69, 9.17) is 0 Å². The Labute approximate surface area is 123 Å². The fourth-order valence-corrected chi connectivity index (χ4v) is 3.69. The minimum Gasteiger partial charge on any atom is -0.309 e. The lowest BCUT2D eigenvalue weighted by Crippen LogP contribution is -2.36. The summed E-state index contributed by atoms with van der Waals surface area (Å²) in [5.41, 5.74) is 4.65. The third-order valence-electron chi connectivity index (χ3n) is 5.20. The Kier molecular flexibility index (Phi) is 4.42. The van der Waals surface area contributed by atoms with Gasteiger partial charge in [0.05, 0.1) is 0 Å². The van der Waals surface area contributed by atoms with Crippen molar-refractivity contribution in [1.82, 2.24) is 10.2 Å². The number of fused-ring (bicyclic) bond motifs is 1. The van der Waals surface area contributed by atoms with Crippen LogP contribution in [-0.2, 0) is 12.8 Å². The molecule has 1 aliphatic heterocycles. The summed E-state index contributed by atoms with van der Waals surface area (Å²) < 4.78 is 0. The Balaban J connectivity index is 1.60. The lowest BCUT2D eigenvalue weighted by molar-refractivity contribution is 0.293. The first kappa shape index (κ1) is 14.1. The van der Waals surface area contributed by atoms with Crippen molar-refractivity contribution < 1.29 is 0 Å². The SMILES string of the molecule is CC(NCC1CCCN1C)c1ccc2c(c1)CCCC2. The molecule has 2 unspecified atom stereocenters. The van der Waals surface area contributed by atoms with Gasteiger partial charge in [0.15, 0.2) is 0 Å². The van der Waals surface area contributed by atoms with Crippen molar-refractivity contribution >= 4 is 0 Å². The largest absolute Gasteiger partial charge is 0.309 e. The minimum absolute atomic E-state index is 0.469. The Morgan fingerprint density at radius 3 is 2.75 bits per heavy atom. The summed E-state index contributed by atoms with van der Waals surface area (Å²) in [6.07, 6.45) is 8.00. The molecule has 1 saturated heterocycles. The molecule has 1 aromatic carbocycles. The van der Waals surface area contributed by atoms with Crippen LogP contribution in [0.5, 0.6) is 0 Å². The molecule has 2 aliphatic rings. The molecule has 0 radical (unpaired) electrons. The third kappa shape index (κ3) is 3.07. The first-order valence-electron chi connectivity index (χ1n) is 8.29. The predicted octanol–water partition coefficient (Wildman–Crippen LogP) is 3.31. The van der Waals surface area contributed by atoms with Crippen molar-refractivity contribution in [3.05, 3.63) is 34.9 Å². The van der Waals surface area contributed by atoms with E-state index in [0.717, 1.165) is 12.6 Å². The van der Waals surface area contributed by atoms with Crippen molar-refractivity contribution in [2.45, 2.75) is 57.5 Å². The van der Waals surface area contributed by atoms with Crippen LogP contribution in [-0.4, -0.2) is 31.1 Å². The molecule has 1 heterocycles. The number of benzene rings is 1. The second kappa shape index (κ2) is 6.28. The van der Waals surface area contributed by atoms with Crippen LogP contribution in [0.25, 0.3) is 0 Å². The van der Waals surface area contributed by atoms with E-state index in [1.807, 2.05) is 0 Å². The number of rotatable bonds is 4. The lowest BCUT2D eigenvalue weighted by atomic mass is 9.89. The topological polar surface area (TPSA) is 15.3 Å². The molecule has 0 aromatic heterocycles. The molecular weight excluding hydrogens is 244 g/mol. The fraction of sp³-hybridized carbons (Fsp3) is 0.667. The highest BCUT2D eigenvalue weighted by Gasteiger charge is 2.21. The molecule has 2 heteroatoms. The standard InChI is InChI=1S/C18H28N2/c1-14(19-13-18-8-5-11-20(18)2)16-10-9-15-6-3-4-7-17(15)12-16/h9-10,12,14,18-19H,3-8,11,13H2,1-2H3. The summed E-state index contributed by atoms with van der Waals surface area (Å²) in [5.74, 6) is 0. The molecule has 1 aromatic rings. The van der Waals surface area contributed by atoms with Crippen LogP contribution in [0.1, 0.15) is 55.3 Å². The predicted molar refractivity (Wildman–Crippen MR) is 85.2 cm³/mol. The van der Waals surface area contributed by atoms with E-state index in [1.54, 1.807) is 11.1 Å². The number of nitrogens with zero attached hydrogens (tertiary/aromatic N) is 1. The number of hydrogen-bond donors (Lipinski definition) is 1. The summed E-state index contributed by atoms with van der Waals surface area (Å²) in [4.78, 5) is 2.49. The van der Waals surface area contributed by atoms with Gasteiger partial charge in [-0.3, -0.25) is 0 Å². The molecule has 1 aliphatic carbocycles. The first-order valence-corrected chi connectivity index (χ1v) is 8.29. The van der Waals surface area contributed by atoms with Crippen molar-refractivity contribution in [2.75, 3.05) is 20.1 Å². The molecule has 3 rings (SSSR count). The van der Waals surface area contributed by atoms with Gasteiger partial charge < -0.3 is 10.2 Å². The maximum Gasteiger partial charge on any atom is 0.0292 e. The van der Waals surface area contributed by atoms with Crippen LogP contribution >= 0.6 is 0 Å². The summed E-state index contributed by atoms with van der Waals surface area (Å²) in [6.45, 7) is 4.69. The quantitative estimate of drug-likeness (QED) is 0.904. The van der Waals surface area contributed by atoms with Crippen molar-refractivity contribution in [3.8, 4) is 0 Å². The van der Waals surface area contributed by atoms with Gasteiger partial charge in [-0.1, -0.05) is 18.2 Å². The second-order valence-corrected chi connectivity index (χ2v) is 6.64. The zero-order valence-corrected chi connectivity index (χ0v) is 13.0. The van der Waals surface area contributed by atoms with Gasteiger partial charge in [-0.2, -0.15) is 0 Å². The van der Waals surface area contributed by atoms with E-state index < -0.39 is 0 Å². The summed E-state index contributed by atoms with van der Waals surface area (Å²) in [7, 11) is 2.25.